The van der Waals surface area contributed by atoms with Crippen LogP contribution in [-0.2, 0) is 14.3 Å². The Balaban J connectivity index is 2.34. The first-order valence-corrected chi connectivity index (χ1v) is 25.4. The Hall–Kier alpha value is -0.890. The summed E-state index contributed by atoms with van der Waals surface area (Å²) in [5.41, 5.74) is 0. The zero-order valence-electron chi connectivity index (χ0n) is 38.7. The molecule has 1 amide bonds. The summed E-state index contributed by atoms with van der Waals surface area (Å²) in [6, 6.07) is -1.16. The van der Waals surface area contributed by atoms with Crippen LogP contribution >= 0.6 is 0 Å². The molecule has 0 saturated carbocycles. The van der Waals surface area contributed by atoms with Gasteiger partial charge in [-0.15, -0.1) is 0 Å². The van der Waals surface area contributed by atoms with Crippen molar-refractivity contribution in [3.05, 3.63) is 0 Å². The van der Waals surface area contributed by atoms with Crippen molar-refractivity contribution in [2.24, 2.45) is 0 Å². The van der Waals surface area contributed by atoms with Crippen LogP contribution in [-0.4, -0.2) is 110 Å². The van der Waals surface area contributed by atoms with Crippen molar-refractivity contribution in [3.63, 3.8) is 0 Å². The van der Waals surface area contributed by atoms with E-state index in [0.29, 0.717) is 19.3 Å². The monoisotopic (exact) mass is 860 g/mol. The van der Waals surface area contributed by atoms with Crippen LogP contribution in [0, 0.1) is 0 Å². The first kappa shape index (κ1) is 57.1. The average molecular weight is 860 g/mol. The van der Waals surface area contributed by atoms with E-state index in [0.717, 1.165) is 38.5 Å². The van der Waals surface area contributed by atoms with Gasteiger partial charge in [0.25, 0.3) is 0 Å². The second-order valence-electron chi connectivity index (χ2n) is 18.3. The summed E-state index contributed by atoms with van der Waals surface area (Å²) in [5, 5.41) is 75.8. The first-order chi connectivity index (χ1) is 29.2. The van der Waals surface area contributed by atoms with Gasteiger partial charge in [-0.3, -0.25) is 4.79 Å². The van der Waals surface area contributed by atoms with Gasteiger partial charge >= 0.3 is 0 Å². The smallest absolute Gasteiger partial charge is 0.249 e. The van der Waals surface area contributed by atoms with Crippen LogP contribution in [0.2, 0.25) is 0 Å². The molecular weight excluding hydrogens is 763 g/mol. The lowest BCUT2D eigenvalue weighted by Crippen LogP contribution is -2.60. The lowest BCUT2D eigenvalue weighted by Gasteiger charge is -2.40. The minimum atomic E-state index is -1.66. The van der Waals surface area contributed by atoms with E-state index in [9.17, 15) is 40.5 Å². The van der Waals surface area contributed by atoms with E-state index in [-0.39, 0.29) is 6.42 Å². The third-order valence-corrected chi connectivity index (χ3v) is 12.7. The molecule has 0 aliphatic carbocycles. The lowest BCUT2D eigenvalue weighted by atomic mass is 9.98. The van der Waals surface area contributed by atoms with Crippen LogP contribution < -0.4 is 5.32 Å². The zero-order valence-corrected chi connectivity index (χ0v) is 38.7. The Morgan fingerprint density at radius 3 is 1.23 bits per heavy atom. The molecule has 8 N–H and O–H groups in total. The third kappa shape index (κ3) is 28.7. The fraction of sp³-hybridized carbons (Fsp3) is 0.980. The summed E-state index contributed by atoms with van der Waals surface area (Å²) in [7, 11) is 0. The summed E-state index contributed by atoms with van der Waals surface area (Å²) >= 11 is 0. The molecule has 0 spiro atoms. The van der Waals surface area contributed by atoms with Gasteiger partial charge in [0.1, 0.15) is 36.6 Å². The van der Waals surface area contributed by atoms with E-state index >= 15 is 0 Å². The lowest BCUT2D eigenvalue weighted by molar-refractivity contribution is -0.303. The molecule has 1 heterocycles. The molecule has 1 rings (SSSR count). The number of ether oxygens (including phenoxy) is 2. The maximum absolute atomic E-state index is 13.1. The molecule has 1 aliphatic rings. The molecule has 0 aromatic carbocycles. The van der Waals surface area contributed by atoms with Crippen molar-refractivity contribution in [3.8, 4) is 0 Å². The van der Waals surface area contributed by atoms with E-state index in [1.807, 2.05) is 0 Å². The number of aliphatic hydroxyl groups is 7. The number of carbonyl (C=O) groups excluding carboxylic acids is 1. The highest BCUT2D eigenvalue weighted by atomic mass is 16.7. The van der Waals surface area contributed by atoms with Crippen molar-refractivity contribution in [2.45, 2.75) is 294 Å². The van der Waals surface area contributed by atoms with Crippen molar-refractivity contribution in [1.29, 1.82) is 0 Å². The minimum absolute atomic E-state index is 0.267. The SMILES string of the molecule is CCCCCCCCCCCCCCCCCCCCCCC[C@@H](O)C(=O)N[C@@H](CO[C@@H]1O[C@H](CO)[C@@H](O)[C@H](O)[C@H]1O)[C@H](O)[C@H](O)CCCCCCCCCCCCCC. The van der Waals surface area contributed by atoms with Crippen molar-refractivity contribution in [2.75, 3.05) is 13.2 Å². The van der Waals surface area contributed by atoms with Crippen LogP contribution in [0.3, 0.4) is 0 Å². The highest BCUT2D eigenvalue weighted by Gasteiger charge is 2.44. The number of carbonyl (C=O) groups is 1. The summed E-state index contributed by atoms with van der Waals surface area (Å²) in [4.78, 5) is 13.1. The van der Waals surface area contributed by atoms with Gasteiger partial charge in [-0.05, 0) is 12.8 Å². The van der Waals surface area contributed by atoms with Crippen molar-refractivity contribution >= 4 is 5.91 Å². The van der Waals surface area contributed by atoms with Gasteiger partial charge in [0, 0.05) is 0 Å². The minimum Gasteiger partial charge on any atom is -0.394 e. The quantitative estimate of drug-likeness (QED) is 0.0275. The Kier molecular flexibility index (Phi) is 37.8. The Bertz CT molecular complexity index is 944. The fourth-order valence-corrected chi connectivity index (χ4v) is 8.44. The van der Waals surface area contributed by atoms with E-state index < -0.39 is 74.2 Å². The van der Waals surface area contributed by atoms with Gasteiger partial charge in [-0.2, -0.15) is 0 Å². The van der Waals surface area contributed by atoms with Crippen LogP contribution in [0.25, 0.3) is 0 Å². The highest BCUT2D eigenvalue weighted by molar-refractivity contribution is 5.80. The summed E-state index contributed by atoms with van der Waals surface area (Å²) < 4.78 is 11.1. The third-order valence-electron chi connectivity index (χ3n) is 12.7. The van der Waals surface area contributed by atoms with Gasteiger partial charge in [-0.1, -0.05) is 226 Å². The van der Waals surface area contributed by atoms with Gasteiger partial charge < -0.3 is 50.5 Å². The normalized spacial score (nSPS) is 21.5. The van der Waals surface area contributed by atoms with E-state index in [2.05, 4.69) is 19.2 Å². The summed E-state index contributed by atoms with van der Waals surface area (Å²) in [6.07, 6.45) is 30.1. The van der Waals surface area contributed by atoms with Gasteiger partial charge in [0.15, 0.2) is 6.29 Å². The molecule has 1 fully saturated rings. The van der Waals surface area contributed by atoms with E-state index in [1.165, 1.54) is 161 Å². The molecule has 0 unspecified atom stereocenters. The van der Waals surface area contributed by atoms with Crippen molar-refractivity contribution < 1.29 is 50.0 Å². The predicted octanol–water partition coefficient (Wildman–Crippen LogP) is 9.06. The van der Waals surface area contributed by atoms with Gasteiger partial charge in [-0.25, -0.2) is 0 Å². The molecule has 1 saturated heterocycles. The Labute approximate surface area is 367 Å². The molecule has 60 heavy (non-hydrogen) atoms. The number of unbranched alkanes of at least 4 members (excludes halogenated alkanes) is 31. The number of hydrogen-bond acceptors (Lipinski definition) is 10. The number of aliphatic hydroxyl groups excluding tert-OH is 7. The molecular formula is C49H97NO10. The average Bonchev–Trinajstić information content (AvgIpc) is 3.25. The molecule has 9 atom stereocenters. The molecule has 1 aliphatic heterocycles. The molecule has 11 nitrogen and oxygen atoms in total. The maximum Gasteiger partial charge on any atom is 0.249 e. The van der Waals surface area contributed by atoms with Crippen LogP contribution in [0.1, 0.15) is 239 Å². The standard InChI is InChI=1S/C49H97NO10/c1-3-5-7-9-11-13-15-17-18-19-20-21-22-23-24-25-27-29-31-33-35-37-42(53)48(58)50-40(39-59-49-47(57)46(56)45(55)43(38-51)60-49)44(54)41(52)36-34-32-30-28-26-16-14-12-10-8-6-4-2/h40-47,49,51-57H,3-39H2,1-2H3,(H,50,58)/t40-,41+,42+,43+,44-,45+,46-,47+,49+/m0/s1. The number of hydrogen-bond donors (Lipinski definition) is 8. The zero-order chi connectivity index (χ0) is 44.1. The van der Waals surface area contributed by atoms with Crippen LogP contribution in [0.4, 0.5) is 0 Å². The second kappa shape index (κ2) is 39.7. The number of nitrogens with one attached hydrogen (secondary N) is 1. The maximum atomic E-state index is 13.1. The largest absolute Gasteiger partial charge is 0.394 e. The van der Waals surface area contributed by atoms with Crippen molar-refractivity contribution in [1.82, 2.24) is 5.32 Å². The van der Waals surface area contributed by atoms with Gasteiger partial charge in [0.05, 0.1) is 25.4 Å². The first-order valence-electron chi connectivity index (χ1n) is 25.4. The van der Waals surface area contributed by atoms with E-state index in [4.69, 9.17) is 9.47 Å². The van der Waals surface area contributed by atoms with Crippen LogP contribution in [0.15, 0.2) is 0 Å². The Morgan fingerprint density at radius 1 is 0.517 bits per heavy atom. The molecule has 0 radical (unpaired) electrons. The van der Waals surface area contributed by atoms with Crippen LogP contribution in [0.5, 0.6) is 0 Å². The topological polar surface area (TPSA) is 189 Å². The summed E-state index contributed by atoms with van der Waals surface area (Å²) in [5.74, 6) is -0.692. The fourth-order valence-electron chi connectivity index (χ4n) is 8.44. The van der Waals surface area contributed by atoms with Gasteiger partial charge in [0.2, 0.25) is 5.91 Å². The Morgan fingerprint density at radius 2 is 0.867 bits per heavy atom. The summed E-state index contributed by atoms with van der Waals surface area (Å²) in [6.45, 7) is 3.46. The second-order valence-corrected chi connectivity index (χ2v) is 18.3. The molecule has 358 valence electrons. The molecule has 11 heteroatoms. The highest BCUT2D eigenvalue weighted by Crippen LogP contribution is 2.23. The molecule has 0 aromatic rings. The molecule has 0 bridgehead atoms. The predicted molar refractivity (Wildman–Crippen MR) is 243 cm³/mol. The molecule has 0 aromatic heterocycles. The number of amides is 1. The number of rotatable bonds is 43. The van der Waals surface area contributed by atoms with E-state index in [1.54, 1.807) is 0 Å².